The molecule has 4 aromatic carbocycles. The summed E-state index contributed by atoms with van der Waals surface area (Å²) in [5.74, 6) is 0. The zero-order valence-electron chi connectivity index (χ0n) is 17.2. The van der Waals surface area contributed by atoms with Gasteiger partial charge in [0, 0.05) is 17.1 Å². The lowest BCUT2D eigenvalue weighted by Gasteiger charge is -2.22. The molecule has 1 N–H and O–H groups in total. The smallest absolute Gasteiger partial charge is 0.115 e. The van der Waals surface area contributed by atoms with E-state index in [2.05, 4.69) is 61.6 Å². The molecule has 2 atom stereocenters. The van der Waals surface area contributed by atoms with Crippen LogP contribution in [0.3, 0.4) is 0 Å². The maximum Gasteiger partial charge on any atom is 0.115 e. The normalized spacial score (nSPS) is 13.3. The van der Waals surface area contributed by atoms with Crippen molar-refractivity contribution in [3.63, 3.8) is 0 Å². The van der Waals surface area contributed by atoms with Crippen molar-refractivity contribution in [2.45, 2.75) is 32.6 Å². The van der Waals surface area contributed by atoms with Gasteiger partial charge in [-0.3, -0.25) is 0 Å². The van der Waals surface area contributed by atoms with Crippen molar-refractivity contribution in [1.29, 1.82) is 0 Å². The molecular weight excluding hydrogens is 393 g/mol. The highest BCUT2D eigenvalue weighted by molar-refractivity contribution is 6.30. The second kappa shape index (κ2) is 8.99. The van der Waals surface area contributed by atoms with Crippen LogP contribution in [0.15, 0.2) is 84.9 Å². The molecule has 0 aromatic heterocycles. The largest absolute Gasteiger partial charge is 0.304 e. The van der Waals surface area contributed by atoms with Gasteiger partial charge in [-0.15, -0.1) is 0 Å². The monoisotopic (exact) mass is 417 g/mol. The van der Waals surface area contributed by atoms with Crippen LogP contribution in [0.4, 0.5) is 4.39 Å². The summed E-state index contributed by atoms with van der Waals surface area (Å²) in [5.41, 5.74) is 5.22. The third-order valence-corrected chi connectivity index (χ3v) is 5.86. The molecule has 4 aromatic rings. The van der Waals surface area contributed by atoms with Crippen molar-refractivity contribution in [2.24, 2.45) is 0 Å². The second-order valence-corrected chi connectivity index (χ2v) is 8.23. The number of hydrogen-bond donors (Lipinski definition) is 1. The van der Waals surface area contributed by atoms with E-state index in [0.717, 1.165) is 21.7 Å². The van der Waals surface area contributed by atoms with Crippen LogP contribution in [0, 0.1) is 0 Å². The SMILES string of the molecule is CC(N[C@H](C)c1cccc(Cl)c1)c1cc(-c2cccc(CF)c2)c2ccccc2c1. The average molecular weight is 418 g/mol. The molecule has 0 aliphatic heterocycles. The van der Waals surface area contributed by atoms with E-state index < -0.39 is 6.67 Å². The van der Waals surface area contributed by atoms with Crippen LogP contribution < -0.4 is 5.32 Å². The molecule has 0 aliphatic rings. The fraction of sp³-hybridized carbons (Fsp3) is 0.185. The molecular formula is C27H25ClFN. The van der Waals surface area contributed by atoms with Crippen molar-refractivity contribution in [3.8, 4) is 11.1 Å². The molecule has 0 spiro atoms. The number of fused-ring (bicyclic) bond motifs is 1. The van der Waals surface area contributed by atoms with Crippen LogP contribution in [0.5, 0.6) is 0 Å². The number of hydrogen-bond acceptors (Lipinski definition) is 1. The fourth-order valence-electron chi connectivity index (χ4n) is 3.99. The van der Waals surface area contributed by atoms with Gasteiger partial charge in [0.2, 0.25) is 0 Å². The van der Waals surface area contributed by atoms with Crippen LogP contribution in [0.25, 0.3) is 21.9 Å². The molecule has 0 saturated heterocycles. The van der Waals surface area contributed by atoms with E-state index in [-0.39, 0.29) is 12.1 Å². The maximum atomic E-state index is 13.3. The Morgan fingerprint density at radius 3 is 2.37 bits per heavy atom. The van der Waals surface area contributed by atoms with Crippen LogP contribution >= 0.6 is 11.6 Å². The summed E-state index contributed by atoms with van der Waals surface area (Å²) in [5, 5.41) is 6.79. The lowest BCUT2D eigenvalue weighted by atomic mass is 9.92. The lowest BCUT2D eigenvalue weighted by Crippen LogP contribution is -2.22. The van der Waals surface area contributed by atoms with E-state index in [0.29, 0.717) is 5.56 Å². The van der Waals surface area contributed by atoms with Gasteiger partial charge in [-0.2, -0.15) is 0 Å². The molecule has 0 aliphatic carbocycles. The Labute approximate surface area is 182 Å². The molecule has 0 amide bonds. The first-order valence-corrected chi connectivity index (χ1v) is 10.6. The number of benzene rings is 4. The number of rotatable bonds is 6. The molecule has 0 radical (unpaired) electrons. The molecule has 0 fully saturated rings. The summed E-state index contributed by atoms with van der Waals surface area (Å²) in [6.45, 7) is 3.86. The summed E-state index contributed by atoms with van der Waals surface area (Å²) in [6.07, 6.45) is 0. The molecule has 30 heavy (non-hydrogen) atoms. The van der Waals surface area contributed by atoms with Crippen LogP contribution in [-0.4, -0.2) is 0 Å². The first-order valence-electron chi connectivity index (χ1n) is 10.2. The molecule has 152 valence electrons. The highest BCUT2D eigenvalue weighted by atomic mass is 35.5. The van der Waals surface area contributed by atoms with E-state index in [1.54, 1.807) is 0 Å². The Morgan fingerprint density at radius 1 is 0.800 bits per heavy atom. The highest BCUT2D eigenvalue weighted by Crippen LogP contribution is 2.33. The predicted octanol–water partition coefficient (Wildman–Crippen LogP) is 8.04. The van der Waals surface area contributed by atoms with Gasteiger partial charge in [0.15, 0.2) is 0 Å². The van der Waals surface area contributed by atoms with Gasteiger partial charge in [0.25, 0.3) is 0 Å². The molecule has 1 nitrogen and oxygen atoms in total. The predicted molar refractivity (Wildman–Crippen MR) is 126 cm³/mol. The Kier molecular flexibility index (Phi) is 6.17. The average Bonchev–Trinajstić information content (AvgIpc) is 2.78. The minimum absolute atomic E-state index is 0.131. The Balaban J connectivity index is 1.72. The summed E-state index contributed by atoms with van der Waals surface area (Å²) >= 11 is 6.17. The van der Waals surface area contributed by atoms with Crippen molar-refractivity contribution in [1.82, 2.24) is 5.32 Å². The van der Waals surface area contributed by atoms with Crippen molar-refractivity contribution in [3.05, 3.63) is 107 Å². The van der Waals surface area contributed by atoms with Gasteiger partial charge in [-0.1, -0.05) is 66.2 Å². The first kappa shape index (κ1) is 20.6. The van der Waals surface area contributed by atoms with Gasteiger partial charge in [-0.05, 0) is 82.8 Å². The molecule has 4 rings (SSSR count). The number of halogens is 2. The lowest BCUT2D eigenvalue weighted by molar-refractivity contribution is 0.485. The third-order valence-electron chi connectivity index (χ3n) is 5.63. The number of nitrogens with one attached hydrogen (secondary N) is 1. The molecule has 0 saturated carbocycles. The van der Waals surface area contributed by atoms with Crippen molar-refractivity contribution >= 4 is 22.4 Å². The molecule has 0 bridgehead atoms. The standard InChI is InChI=1S/C27H25ClFN/c1-18(21-9-6-11-25(28)15-21)30-19(2)24-14-23-8-3-4-12-26(23)27(16-24)22-10-5-7-20(13-22)17-29/h3-16,18-19,30H,17H2,1-2H3/t18-,19?/m1/s1. The van der Waals surface area contributed by atoms with Gasteiger partial charge in [0.1, 0.15) is 6.67 Å². The Bertz CT molecular complexity index is 1170. The van der Waals surface area contributed by atoms with Crippen LogP contribution in [0.2, 0.25) is 5.02 Å². The van der Waals surface area contributed by atoms with Crippen molar-refractivity contribution < 1.29 is 4.39 Å². The van der Waals surface area contributed by atoms with E-state index in [1.807, 2.05) is 42.5 Å². The zero-order valence-corrected chi connectivity index (χ0v) is 18.0. The molecule has 1 unspecified atom stereocenters. The summed E-state index contributed by atoms with van der Waals surface area (Å²) < 4.78 is 13.3. The van der Waals surface area contributed by atoms with E-state index >= 15 is 0 Å². The van der Waals surface area contributed by atoms with Crippen LogP contribution in [-0.2, 0) is 6.67 Å². The number of alkyl halides is 1. The summed E-state index contributed by atoms with van der Waals surface area (Å²) in [4.78, 5) is 0. The van der Waals surface area contributed by atoms with Gasteiger partial charge < -0.3 is 5.32 Å². The van der Waals surface area contributed by atoms with E-state index in [1.165, 1.54) is 16.3 Å². The van der Waals surface area contributed by atoms with Gasteiger partial charge in [0.05, 0.1) is 0 Å². The fourth-order valence-corrected chi connectivity index (χ4v) is 4.19. The second-order valence-electron chi connectivity index (χ2n) is 7.79. The summed E-state index contributed by atoms with van der Waals surface area (Å²) in [6, 6.07) is 28.8. The first-order chi connectivity index (χ1) is 14.5. The third kappa shape index (κ3) is 4.40. The van der Waals surface area contributed by atoms with Crippen molar-refractivity contribution in [2.75, 3.05) is 0 Å². The van der Waals surface area contributed by atoms with E-state index in [4.69, 9.17) is 11.6 Å². The van der Waals surface area contributed by atoms with Gasteiger partial charge >= 0.3 is 0 Å². The Morgan fingerprint density at radius 2 is 1.57 bits per heavy atom. The van der Waals surface area contributed by atoms with E-state index in [9.17, 15) is 4.39 Å². The maximum absolute atomic E-state index is 13.3. The molecule has 0 heterocycles. The van der Waals surface area contributed by atoms with Crippen LogP contribution in [0.1, 0.15) is 42.6 Å². The zero-order chi connectivity index (χ0) is 21.1. The quantitative estimate of drug-likeness (QED) is 0.334. The Hall–Kier alpha value is -2.68. The topological polar surface area (TPSA) is 12.0 Å². The summed E-state index contributed by atoms with van der Waals surface area (Å²) in [7, 11) is 0. The highest BCUT2D eigenvalue weighted by Gasteiger charge is 2.15. The minimum atomic E-state index is -0.458. The minimum Gasteiger partial charge on any atom is -0.304 e. The molecule has 3 heteroatoms. The van der Waals surface area contributed by atoms with Gasteiger partial charge in [-0.25, -0.2) is 4.39 Å².